The summed E-state index contributed by atoms with van der Waals surface area (Å²) < 4.78 is 1.84. The van der Waals surface area contributed by atoms with Crippen LogP contribution in [0.15, 0.2) is 35.4 Å². The van der Waals surface area contributed by atoms with Gasteiger partial charge in [-0.2, -0.15) is 5.10 Å². The Bertz CT molecular complexity index is 567. The van der Waals surface area contributed by atoms with Gasteiger partial charge in [0.15, 0.2) is 0 Å². The zero-order chi connectivity index (χ0) is 14.7. The van der Waals surface area contributed by atoms with Gasteiger partial charge in [0.25, 0.3) is 0 Å². The predicted octanol–water partition coefficient (Wildman–Crippen LogP) is 2.53. The Hall–Kier alpha value is -1.30. The molecule has 1 heterocycles. The highest BCUT2D eigenvalue weighted by molar-refractivity contribution is 8.00. The molecule has 20 heavy (non-hydrogen) atoms. The first-order valence-corrected chi connectivity index (χ1v) is 7.52. The normalized spacial score (nSPS) is 14.2. The van der Waals surface area contributed by atoms with Crippen LogP contribution < -0.4 is 0 Å². The van der Waals surface area contributed by atoms with Gasteiger partial charge in [0.05, 0.1) is 24.1 Å². The average molecular weight is 292 g/mol. The van der Waals surface area contributed by atoms with Gasteiger partial charge in [-0.15, -0.1) is 11.8 Å². The van der Waals surface area contributed by atoms with Crippen molar-refractivity contribution in [1.82, 2.24) is 9.78 Å². The molecule has 0 saturated heterocycles. The molecule has 0 fully saturated rings. The van der Waals surface area contributed by atoms with E-state index in [1.165, 1.54) is 11.8 Å². The molecule has 1 aromatic heterocycles. The molecule has 2 rings (SSSR count). The van der Waals surface area contributed by atoms with Crippen LogP contribution in [0.2, 0.25) is 0 Å². The molecule has 0 radical (unpaired) electrons. The number of hydrogen-bond acceptors (Lipinski definition) is 4. The average Bonchev–Trinajstić information content (AvgIpc) is 2.75. The van der Waals surface area contributed by atoms with Crippen LogP contribution in [0.3, 0.4) is 0 Å². The minimum atomic E-state index is -0.425. The van der Waals surface area contributed by atoms with E-state index in [9.17, 15) is 10.2 Å². The van der Waals surface area contributed by atoms with Crippen LogP contribution in [-0.2, 0) is 6.61 Å². The second-order valence-electron chi connectivity index (χ2n) is 4.84. The van der Waals surface area contributed by atoms with E-state index < -0.39 is 6.10 Å². The summed E-state index contributed by atoms with van der Waals surface area (Å²) in [6.45, 7) is 5.58. The molecule has 0 bridgehead atoms. The first kappa shape index (κ1) is 15.1. The molecule has 0 aliphatic carbocycles. The lowest BCUT2D eigenvalue weighted by atomic mass is 10.3. The van der Waals surface area contributed by atoms with E-state index in [-0.39, 0.29) is 11.9 Å². The van der Waals surface area contributed by atoms with E-state index in [1.807, 2.05) is 48.9 Å². The molecule has 5 heteroatoms. The van der Waals surface area contributed by atoms with Crippen molar-refractivity contribution in [3.05, 3.63) is 41.6 Å². The highest BCUT2D eigenvalue weighted by atomic mass is 32.2. The molecule has 0 amide bonds. The summed E-state index contributed by atoms with van der Waals surface area (Å²) in [6, 6.07) is 9.82. The minimum absolute atomic E-state index is 0.0267. The fraction of sp³-hybridized carbons (Fsp3) is 0.400. The smallest absolute Gasteiger partial charge is 0.106 e. The van der Waals surface area contributed by atoms with Crippen molar-refractivity contribution in [2.24, 2.45) is 0 Å². The third kappa shape index (κ3) is 3.06. The number of aliphatic hydroxyl groups is 2. The van der Waals surface area contributed by atoms with E-state index in [4.69, 9.17) is 0 Å². The molecule has 2 unspecified atom stereocenters. The maximum atomic E-state index is 9.70. The number of para-hydroxylation sites is 1. The van der Waals surface area contributed by atoms with Crippen molar-refractivity contribution < 1.29 is 10.2 Å². The van der Waals surface area contributed by atoms with Crippen LogP contribution in [0.25, 0.3) is 5.69 Å². The van der Waals surface area contributed by atoms with Crippen molar-refractivity contribution in [3.63, 3.8) is 0 Å². The SMILES string of the molecule is Cc1nn(-c2ccccc2)c(SC(C)C(C)O)c1CO. The van der Waals surface area contributed by atoms with Crippen molar-refractivity contribution in [2.45, 2.75) is 43.8 Å². The summed E-state index contributed by atoms with van der Waals surface area (Å²) in [6.07, 6.45) is -0.425. The first-order chi connectivity index (χ1) is 9.54. The number of aliphatic hydroxyl groups excluding tert-OH is 2. The molecule has 0 aliphatic heterocycles. The molecule has 1 aromatic carbocycles. The standard InChI is InChI=1S/C15H20N2O2S/c1-10-14(9-18)15(20-12(3)11(2)19)17(16-10)13-7-5-4-6-8-13/h4-8,11-12,18-19H,9H2,1-3H3. The maximum absolute atomic E-state index is 9.70. The number of nitrogens with zero attached hydrogens (tertiary/aromatic N) is 2. The predicted molar refractivity (Wildman–Crippen MR) is 81.2 cm³/mol. The van der Waals surface area contributed by atoms with Crippen LogP contribution in [0.4, 0.5) is 0 Å². The van der Waals surface area contributed by atoms with Crippen molar-refractivity contribution in [2.75, 3.05) is 0 Å². The van der Waals surface area contributed by atoms with Gasteiger partial charge in [-0.3, -0.25) is 0 Å². The highest BCUT2D eigenvalue weighted by Gasteiger charge is 2.20. The molecular weight excluding hydrogens is 272 g/mol. The van der Waals surface area contributed by atoms with Gasteiger partial charge in [-0.25, -0.2) is 4.68 Å². The zero-order valence-electron chi connectivity index (χ0n) is 11.9. The van der Waals surface area contributed by atoms with Crippen LogP contribution >= 0.6 is 11.8 Å². The summed E-state index contributed by atoms with van der Waals surface area (Å²) in [5.74, 6) is 0. The molecule has 2 aromatic rings. The number of aromatic nitrogens is 2. The van der Waals surface area contributed by atoms with Crippen molar-refractivity contribution in [3.8, 4) is 5.69 Å². The molecular formula is C15H20N2O2S. The second-order valence-corrected chi connectivity index (χ2v) is 6.20. The van der Waals surface area contributed by atoms with Crippen molar-refractivity contribution in [1.29, 1.82) is 0 Å². The molecule has 108 valence electrons. The fourth-order valence-corrected chi connectivity index (χ4v) is 3.01. The van der Waals surface area contributed by atoms with Crippen LogP contribution in [0.5, 0.6) is 0 Å². The Labute approximate surface area is 123 Å². The van der Waals surface area contributed by atoms with Crippen molar-refractivity contribution >= 4 is 11.8 Å². The quantitative estimate of drug-likeness (QED) is 0.832. The highest BCUT2D eigenvalue weighted by Crippen LogP contribution is 2.32. The van der Waals surface area contributed by atoms with E-state index in [1.54, 1.807) is 6.92 Å². The molecule has 0 aliphatic rings. The minimum Gasteiger partial charge on any atom is -0.392 e. The van der Waals surface area contributed by atoms with Gasteiger partial charge in [0.1, 0.15) is 5.03 Å². The number of hydrogen-bond donors (Lipinski definition) is 2. The number of rotatable bonds is 5. The van der Waals surface area contributed by atoms with E-state index in [0.29, 0.717) is 0 Å². The van der Waals surface area contributed by atoms with E-state index in [2.05, 4.69) is 5.10 Å². The Balaban J connectivity index is 2.47. The molecule has 4 nitrogen and oxygen atoms in total. The third-order valence-electron chi connectivity index (χ3n) is 3.27. The van der Waals surface area contributed by atoms with Gasteiger partial charge in [0, 0.05) is 10.8 Å². The zero-order valence-corrected chi connectivity index (χ0v) is 12.8. The van der Waals surface area contributed by atoms with Gasteiger partial charge in [0.2, 0.25) is 0 Å². The second kappa shape index (κ2) is 6.43. The number of aryl methyl sites for hydroxylation is 1. The summed E-state index contributed by atoms with van der Waals surface area (Å²) in [7, 11) is 0. The van der Waals surface area contributed by atoms with Gasteiger partial charge >= 0.3 is 0 Å². The van der Waals surface area contributed by atoms with E-state index >= 15 is 0 Å². The van der Waals surface area contributed by atoms with Crippen LogP contribution in [-0.4, -0.2) is 31.3 Å². The fourth-order valence-electron chi connectivity index (χ4n) is 1.86. The van der Waals surface area contributed by atoms with Gasteiger partial charge in [-0.05, 0) is 26.0 Å². The Kier molecular flexibility index (Phi) is 4.86. The lowest BCUT2D eigenvalue weighted by Gasteiger charge is -2.16. The monoisotopic (exact) mass is 292 g/mol. The lowest BCUT2D eigenvalue weighted by molar-refractivity contribution is 0.196. The maximum Gasteiger partial charge on any atom is 0.106 e. The number of benzene rings is 1. The van der Waals surface area contributed by atoms with E-state index in [0.717, 1.165) is 22.0 Å². The summed E-state index contributed by atoms with van der Waals surface area (Å²) in [4.78, 5) is 0. The Morgan fingerprint density at radius 2 is 1.90 bits per heavy atom. The Morgan fingerprint density at radius 3 is 2.45 bits per heavy atom. The molecule has 0 spiro atoms. The largest absolute Gasteiger partial charge is 0.392 e. The third-order valence-corrected chi connectivity index (χ3v) is 4.68. The summed E-state index contributed by atoms with van der Waals surface area (Å²) >= 11 is 1.54. The van der Waals surface area contributed by atoms with Gasteiger partial charge in [-0.1, -0.05) is 25.1 Å². The molecule has 2 atom stereocenters. The Morgan fingerprint density at radius 1 is 1.25 bits per heavy atom. The topological polar surface area (TPSA) is 58.3 Å². The van der Waals surface area contributed by atoms with Crippen LogP contribution in [0.1, 0.15) is 25.1 Å². The van der Waals surface area contributed by atoms with Gasteiger partial charge < -0.3 is 10.2 Å². The summed E-state index contributed by atoms with van der Waals surface area (Å²) in [5, 5.41) is 24.7. The molecule has 0 saturated carbocycles. The lowest BCUT2D eigenvalue weighted by Crippen LogP contribution is -2.16. The molecule has 2 N–H and O–H groups in total. The van der Waals surface area contributed by atoms with Crippen LogP contribution in [0, 0.1) is 6.92 Å². The number of thioether (sulfide) groups is 1. The first-order valence-electron chi connectivity index (χ1n) is 6.64. The summed E-state index contributed by atoms with van der Waals surface area (Å²) in [5.41, 5.74) is 2.60.